The van der Waals surface area contributed by atoms with Crippen LogP contribution in [0.4, 0.5) is 19.0 Å². The van der Waals surface area contributed by atoms with Crippen LogP contribution in [0.15, 0.2) is 23.2 Å². The number of hydrogen-bond donors (Lipinski definition) is 1. The molecule has 0 amide bonds. The molecule has 3 nitrogen and oxygen atoms in total. The van der Waals surface area contributed by atoms with Crippen molar-refractivity contribution in [3.63, 3.8) is 0 Å². The zero-order chi connectivity index (χ0) is 13.3. The Morgan fingerprint density at radius 3 is 2.18 bits per heavy atom. The van der Waals surface area contributed by atoms with Gasteiger partial charge in [0, 0.05) is 11.1 Å². The van der Waals surface area contributed by atoms with Crippen LogP contribution < -0.4 is 5.06 Å². The molecule has 1 heterocycles. The van der Waals surface area contributed by atoms with Crippen LogP contribution in [0.1, 0.15) is 20.8 Å². The Hall–Kier alpha value is -0.950. The van der Waals surface area contributed by atoms with Gasteiger partial charge in [0.1, 0.15) is 0 Å². The van der Waals surface area contributed by atoms with Crippen molar-refractivity contribution in [2.45, 2.75) is 36.7 Å². The van der Waals surface area contributed by atoms with Gasteiger partial charge in [-0.2, -0.15) is 13.2 Å². The summed E-state index contributed by atoms with van der Waals surface area (Å²) in [5.74, 6) is 0.212. The Morgan fingerprint density at radius 2 is 1.82 bits per heavy atom. The van der Waals surface area contributed by atoms with Gasteiger partial charge in [0.15, 0.2) is 5.82 Å². The van der Waals surface area contributed by atoms with Crippen LogP contribution in [0.5, 0.6) is 0 Å². The molecule has 7 heteroatoms. The van der Waals surface area contributed by atoms with Crippen LogP contribution in [0.25, 0.3) is 0 Å². The van der Waals surface area contributed by atoms with Crippen LogP contribution in [-0.2, 0) is 0 Å². The van der Waals surface area contributed by atoms with Crippen molar-refractivity contribution in [2.24, 2.45) is 0 Å². The Kier molecular flexibility index (Phi) is 3.93. The second-order valence-electron chi connectivity index (χ2n) is 4.38. The average molecular weight is 266 g/mol. The van der Waals surface area contributed by atoms with E-state index in [0.717, 1.165) is 11.3 Å². The van der Waals surface area contributed by atoms with E-state index < -0.39 is 11.0 Å². The number of hydroxylamine groups is 1. The maximum Gasteiger partial charge on any atom is 0.446 e. The summed E-state index contributed by atoms with van der Waals surface area (Å²) in [7, 11) is 0. The van der Waals surface area contributed by atoms with Crippen molar-refractivity contribution in [2.75, 3.05) is 5.06 Å². The van der Waals surface area contributed by atoms with E-state index in [-0.39, 0.29) is 22.5 Å². The SMILES string of the molecule is CC(C)(C)N(O)c1ccc(SC(F)(F)F)cn1. The fourth-order valence-corrected chi connectivity index (χ4v) is 1.54. The van der Waals surface area contributed by atoms with Gasteiger partial charge in [-0.1, -0.05) is 0 Å². The zero-order valence-electron chi connectivity index (χ0n) is 9.62. The molecule has 0 saturated carbocycles. The fourth-order valence-electron chi connectivity index (χ4n) is 1.04. The molecule has 1 rings (SSSR count). The Morgan fingerprint density at radius 1 is 1.24 bits per heavy atom. The van der Waals surface area contributed by atoms with E-state index in [9.17, 15) is 18.4 Å². The standard InChI is InChI=1S/C10H13F3N2OS/c1-9(2,3)15(16)8-5-4-7(6-14-8)17-10(11,12)13/h4-6,16H,1-3H3. The molecule has 0 atom stereocenters. The highest BCUT2D eigenvalue weighted by Gasteiger charge is 2.29. The maximum atomic E-state index is 12.1. The molecular weight excluding hydrogens is 253 g/mol. The average Bonchev–Trinajstić information content (AvgIpc) is 2.14. The monoisotopic (exact) mass is 266 g/mol. The molecule has 0 fully saturated rings. The van der Waals surface area contributed by atoms with Crippen LogP contribution >= 0.6 is 11.8 Å². The van der Waals surface area contributed by atoms with E-state index >= 15 is 0 Å². The van der Waals surface area contributed by atoms with Gasteiger partial charge < -0.3 is 0 Å². The van der Waals surface area contributed by atoms with Crippen molar-refractivity contribution < 1.29 is 18.4 Å². The predicted octanol–water partition coefficient (Wildman–Crippen LogP) is 3.69. The van der Waals surface area contributed by atoms with Gasteiger partial charge in [0.05, 0.1) is 5.54 Å². The van der Waals surface area contributed by atoms with Crippen molar-refractivity contribution in [1.29, 1.82) is 0 Å². The molecule has 0 aliphatic carbocycles. The van der Waals surface area contributed by atoms with Crippen LogP contribution in [-0.4, -0.2) is 21.2 Å². The van der Waals surface area contributed by atoms with Gasteiger partial charge in [-0.3, -0.25) is 5.21 Å². The van der Waals surface area contributed by atoms with Crippen LogP contribution in [0.2, 0.25) is 0 Å². The van der Waals surface area contributed by atoms with Gasteiger partial charge in [0.2, 0.25) is 0 Å². The molecule has 1 aromatic heterocycles. The van der Waals surface area contributed by atoms with Crippen molar-refractivity contribution in [1.82, 2.24) is 4.98 Å². The topological polar surface area (TPSA) is 36.4 Å². The molecule has 1 N–H and O–H groups in total. The maximum absolute atomic E-state index is 12.1. The number of nitrogens with zero attached hydrogens (tertiary/aromatic N) is 2. The van der Waals surface area contributed by atoms with E-state index in [1.807, 2.05) is 0 Å². The minimum absolute atomic E-state index is 0.0106. The second-order valence-corrected chi connectivity index (χ2v) is 5.52. The van der Waals surface area contributed by atoms with Gasteiger partial charge in [-0.05, 0) is 44.7 Å². The van der Waals surface area contributed by atoms with E-state index in [4.69, 9.17) is 0 Å². The minimum atomic E-state index is -4.33. The molecule has 0 radical (unpaired) electrons. The summed E-state index contributed by atoms with van der Waals surface area (Å²) in [6.45, 7) is 5.27. The largest absolute Gasteiger partial charge is 0.446 e. The third-order valence-electron chi connectivity index (χ3n) is 1.81. The van der Waals surface area contributed by atoms with Gasteiger partial charge in [-0.25, -0.2) is 10.0 Å². The van der Waals surface area contributed by atoms with Crippen molar-refractivity contribution in [3.05, 3.63) is 18.3 Å². The molecule has 0 spiro atoms. The fraction of sp³-hybridized carbons (Fsp3) is 0.500. The Bertz CT molecular complexity index is 373. The molecular formula is C10H13F3N2OS. The molecule has 0 aromatic carbocycles. The number of anilines is 1. The number of aromatic nitrogens is 1. The number of thioether (sulfide) groups is 1. The summed E-state index contributed by atoms with van der Waals surface area (Å²) in [5, 5.41) is 10.6. The first-order chi connectivity index (χ1) is 7.59. The van der Waals surface area contributed by atoms with Crippen molar-refractivity contribution in [3.8, 4) is 0 Å². The van der Waals surface area contributed by atoms with Crippen LogP contribution in [0.3, 0.4) is 0 Å². The Balaban J connectivity index is 2.82. The highest BCUT2D eigenvalue weighted by Crippen LogP contribution is 2.36. The second kappa shape index (κ2) is 4.73. The van der Waals surface area contributed by atoms with Gasteiger partial charge >= 0.3 is 5.51 Å². The quantitative estimate of drug-likeness (QED) is 0.654. The molecule has 0 bridgehead atoms. The lowest BCUT2D eigenvalue weighted by Gasteiger charge is -2.30. The minimum Gasteiger partial charge on any atom is -0.286 e. The first-order valence-corrected chi connectivity index (χ1v) is 5.62. The summed E-state index contributed by atoms with van der Waals surface area (Å²) in [6.07, 6.45) is 1.09. The molecule has 0 aliphatic rings. The third-order valence-corrected chi connectivity index (χ3v) is 2.52. The first-order valence-electron chi connectivity index (χ1n) is 4.80. The number of rotatable bonds is 2. The van der Waals surface area contributed by atoms with E-state index in [1.165, 1.54) is 12.1 Å². The zero-order valence-corrected chi connectivity index (χ0v) is 10.4. The number of halogens is 3. The first kappa shape index (κ1) is 14.1. The number of alkyl halides is 3. The number of hydrogen-bond acceptors (Lipinski definition) is 4. The van der Waals surface area contributed by atoms with E-state index in [2.05, 4.69) is 4.98 Å². The Labute approximate surface area is 102 Å². The molecule has 0 saturated heterocycles. The molecule has 0 unspecified atom stereocenters. The van der Waals surface area contributed by atoms with E-state index in [1.54, 1.807) is 20.8 Å². The van der Waals surface area contributed by atoms with E-state index in [0.29, 0.717) is 0 Å². The molecule has 17 heavy (non-hydrogen) atoms. The summed E-state index contributed by atoms with van der Waals surface area (Å²) in [6, 6.07) is 2.62. The normalized spacial score (nSPS) is 12.6. The predicted molar refractivity (Wildman–Crippen MR) is 60.2 cm³/mol. The highest BCUT2D eigenvalue weighted by molar-refractivity contribution is 8.00. The van der Waals surface area contributed by atoms with Crippen LogP contribution in [0, 0.1) is 0 Å². The summed E-state index contributed by atoms with van der Waals surface area (Å²) in [5.41, 5.74) is -4.89. The lowest BCUT2D eigenvalue weighted by Crippen LogP contribution is -2.39. The highest BCUT2D eigenvalue weighted by atomic mass is 32.2. The summed E-state index contributed by atoms with van der Waals surface area (Å²) in [4.78, 5) is 3.77. The molecule has 0 aliphatic heterocycles. The lowest BCUT2D eigenvalue weighted by molar-refractivity contribution is -0.0328. The molecule has 1 aromatic rings. The number of pyridine rings is 1. The summed E-state index contributed by atoms with van der Waals surface area (Å²) >= 11 is -0.234. The summed E-state index contributed by atoms with van der Waals surface area (Å²) < 4.78 is 36.2. The van der Waals surface area contributed by atoms with Gasteiger partial charge in [-0.15, -0.1) is 0 Å². The lowest BCUT2D eigenvalue weighted by atomic mass is 10.1. The molecule has 96 valence electrons. The van der Waals surface area contributed by atoms with Crippen molar-refractivity contribution >= 4 is 17.6 Å². The third kappa shape index (κ3) is 4.43. The van der Waals surface area contributed by atoms with Gasteiger partial charge in [0.25, 0.3) is 0 Å². The smallest absolute Gasteiger partial charge is 0.286 e.